The molecular formula is C24H27N3O3S. The fourth-order valence-corrected chi connectivity index (χ4v) is 4.34. The number of rotatable bonds is 11. The molecule has 7 heteroatoms. The summed E-state index contributed by atoms with van der Waals surface area (Å²) in [6.45, 7) is 2.00. The number of carboxylic acid groups (broad SMARTS) is 1. The van der Waals surface area contributed by atoms with E-state index in [1.54, 1.807) is 18.5 Å². The van der Waals surface area contributed by atoms with Crippen molar-refractivity contribution in [3.8, 4) is 0 Å². The standard InChI is InChI=1S/C24H27N3O3S/c1-2-3-12-21(23(29)30)27-22(28)19(16-31-24-25-13-7-14-26-24)15-18-10-6-9-17-8-4-5-11-20(17)18/h4-11,13-14,19,21H,2-3,12,15-16H2,1H3,(H,27,28)(H,29,30)/t19-,21+/m1/s1. The molecule has 1 heterocycles. The van der Waals surface area contributed by atoms with Gasteiger partial charge in [-0.05, 0) is 35.2 Å². The van der Waals surface area contributed by atoms with E-state index < -0.39 is 17.9 Å². The Morgan fingerprint density at radius 3 is 2.55 bits per heavy atom. The van der Waals surface area contributed by atoms with Crippen LogP contribution in [0.5, 0.6) is 0 Å². The van der Waals surface area contributed by atoms with Crippen molar-refractivity contribution in [2.24, 2.45) is 5.92 Å². The molecule has 3 aromatic rings. The van der Waals surface area contributed by atoms with Crippen molar-refractivity contribution in [2.45, 2.75) is 43.8 Å². The van der Waals surface area contributed by atoms with E-state index in [0.29, 0.717) is 23.8 Å². The number of aliphatic carboxylic acids is 1. The van der Waals surface area contributed by atoms with Gasteiger partial charge in [0.2, 0.25) is 5.91 Å². The third kappa shape index (κ3) is 6.52. The predicted octanol–water partition coefficient (Wildman–Crippen LogP) is 4.34. The van der Waals surface area contributed by atoms with Gasteiger partial charge in [-0.15, -0.1) is 0 Å². The number of amides is 1. The SMILES string of the molecule is CCCC[C@H](NC(=O)[C@@H](CSc1ncccn1)Cc1cccc2ccccc12)C(=O)O. The van der Waals surface area contributed by atoms with Crippen molar-refractivity contribution < 1.29 is 14.7 Å². The monoisotopic (exact) mass is 437 g/mol. The second-order valence-corrected chi connectivity index (χ2v) is 8.41. The van der Waals surface area contributed by atoms with Crippen molar-refractivity contribution in [3.05, 3.63) is 66.5 Å². The lowest BCUT2D eigenvalue weighted by molar-refractivity contribution is -0.142. The molecule has 162 valence electrons. The number of fused-ring (bicyclic) bond motifs is 1. The Kier molecular flexibility index (Phi) is 8.41. The maximum Gasteiger partial charge on any atom is 0.326 e. The van der Waals surface area contributed by atoms with E-state index in [0.717, 1.165) is 29.2 Å². The number of hydrogen-bond donors (Lipinski definition) is 2. The Labute approximate surface area is 186 Å². The molecule has 1 aromatic heterocycles. The van der Waals surface area contributed by atoms with Gasteiger partial charge in [0.1, 0.15) is 6.04 Å². The molecule has 6 nitrogen and oxygen atoms in total. The molecule has 0 unspecified atom stereocenters. The van der Waals surface area contributed by atoms with Crippen LogP contribution in [-0.2, 0) is 16.0 Å². The normalized spacial score (nSPS) is 12.9. The topological polar surface area (TPSA) is 92.2 Å². The highest BCUT2D eigenvalue weighted by molar-refractivity contribution is 7.99. The Morgan fingerprint density at radius 2 is 1.81 bits per heavy atom. The maximum absolute atomic E-state index is 13.2. The lowest BCUT2D eigenvalue weighted by Crippen LogP contribution is -2.44. The van der Waals surface area contributed by atoms with Gasteiger partial charge in [-0.25, -0.2) is 14.8 Å². The number of aromatic nitrogens is 2. The Balaban J connectivity index is 1.81. The molecule has 0 bridgehead atoms. The van der Waals surface area contributed by atoms with Crippen molar-refractivity contribution in [3.63, 3.8) is 0 Å². The van der Waals surface area contributed by atoms with Crippen LogP contribution in [0.15, 0.2) is 66.1 Å². The number of hydrogen-bond acceptors (Lipinski definition) is 5. The third-order valence-electron chi connectivity index (χ3n) is 5.13. The van der Waals surface area contributed by atoms with Gasteiger partial charge < -0.3 is 10.4 Å². The molecule has 0 aliphatic heterocycles. The predicted molar refractivity (Wildman–Crippen MR) is 123 cm³/mol. The van der Waals surface area contributed by atoms with Gasteiger partial charge in [0.05, 0.1) is 5.92 Å². The van der Waals surface area contributed by atoms with E-state index >= 15 is 0 Å². The molecule has 0 aliphatic rings. The van der Waals surface area contributed by atoms with E-state index in [-0.39, 0.29) is 5.91 Å². The highest BCUT2D eigenvalue weighted by Gasteiger charge is 2.26. The van der Waals surface area contributed by atoms with Crippen molar-refractivity contribution in [1.82, 2.24) is 15.3 Å². The first-order valence-electron chi connectivity index (χ1n) is 10.5. The minimum Gasteiger partial charge on any atom is -0.480 e. The second kappa shape index (κ2) is 11.5. The molecule has 0 saturated carbocycles. The number of carboxylic acids is 1. The highest BCUT2D eigenvalue weighted by Crippen LogP contribution is 2.25. The van der Waals surface area contributed by atoms with Crippen LogP contribution in [0.25, 0.3) is 10.8 Å². The number of thioether (sulfide) groups is 1. The Hall–Kier alpha value is -2.93. The second-order valence-electron chi connectivity index (χ2n) is 7.42. The van der Waals surface area contributed by atoms with Crippen molar-refractivity contribution in [1.29, 1.82) is 0 Å². The van der Waals surface area contributed by atoms with E-state index in [4.69, 9.17) is 0 Å². The van der Waals surface area contributed by atoms with Crippen LogP contribution in [0.4, 0.5) is 0 Å². The third-order valence-corrected chi connectivity index (χ3v) is 6.17. The summed E-state index contributed by atoms with van der Waals surface area (Å²) in [5.74, 6) is -1.20. The minimum absolute atomic E-state index is 0.250. The maximum atomic E-state index is 13.2. The Morgan fingerprint density at radius 1 is 1.06 bits per heavy atom. The number of unbranched alkanes of at least 4 members (excludes halogenated alkanes) is 1. The smallest absolute Gasteiger partial charge is 0.326 e. The van der Waals surface area contributed by atoms with Crippen LogP contribution >= 0.6 is 11.8 Å². The molecule has 2 aromatic carbocycles. The van der Waals surface area contributed by atoms with Gasteiger partial charge in [0.15, 0.2) is 5.16 Å². The van der Waals surface area contributed by atoms with Gasteiger partial charge in [-0.3, -0.25) is 4.79 Å². The van der Waals surface area contributed by atoms with E-state index in [1.165, 1.54) is 11.8 Å². The molecule has 0 saturated heterocycles. The van der Waals surface area contributed by atoms with Crippen LogP contribution in [0.2, 0.25) is 0 Å². The summed E-state index contributed by atoms with van der Waals surface area (Å²) >= 11 is 1.40. The fraction of sp³-hybridized carbons (Fsp3) is 0.333. The van der Waals surface area contributed by atoms with Crippen molar-refractivity contribution >= 4 is 34.4 Å². The van der Waals surface area contributed by atoms with E-state index in [1.807, 2.05) is 49.4 Å². The molecule has 0 spiro atoms. The summed E-state index contributed by atoms with van der Waals surface area (Å²) in [5, 5.41) is 15.1. The average molecular weight is 438 g/mol. The first kappa shape index (κ1) is 22.7. The minimum atomic E-state index is -0.996. The molecule has 2 atom stereocenters. The summed E-state index contributed by atoms with van der Waals surface area (Å²) in [4.78, 5) is 33.2. The van der Waals surface area contributed by atoms with Crippen LogP contribution in [-0.4, -0.2) is 38.7 Å². The van der Waals surface area contributed by atoms with Crippen LogP contribution in [0.1, 0.15) is 31.7 Å². The number of benzene rings is 2. The highest BCUT2D eigenvalue weighted by atomic mass is 32.2. The number of nitrogens with zero attached hydrogens (tertiary/aromatic N) is 2. The zero-order valence-electron chi connectivity index (χ0n) is 17.5. The Bertz CT molecular complexity index is 1010. The van der Waals surface area contributed by atoms with Crippen LogP contribution in [0.3, 0.4) is 0 Å². The van der Waals surface area contributed by atoms with Gasteiger partial charge >= 0.3 is 5.97 Å². The molecule has 0 aliphatic carbocycles. The van der Waals surface area contributed by atoms with Gasteiger partial charge in [0, 0.05) is 18.1 Å². The summed E-state index contributed by atoms with van der Waals surface area (Å²) in [5.41, 5.74) is 1.06. The number of nitrogens with one attached hydrogen (secondary N) is 1. The van der Waals surface area contributed by atoms with Gasteiger partial charge in [-0.2, -0.15) is 0 Å². The number of carbonyl (C=O) groups is 2. The largest absolute Gasteiger partial charge is 0.480 e. The van der Waals surface area contributed by atoms with Gasteiger partial charge in [0.25, 0.3) is 0 Å². The molecule has 0 radical (unpaired) electrons. The average Bonchev–Trinajstić information content (AvgIpc) is 2.79. The summed E-state index contributed by atoms with van der Waals surface area (Å²) in [6, 6.07) is 15.0. The van der Waals surface area contributed by atoms with Crippen LogP contribution < -0.4 is 5.32 Å². The molecule has 31 heavy (non-hydrogen) atoms. The first-order valence-corrected chi connectivity index (χ1v) is 11.5. The summed E-state index contributed by atoms with van der Waals surface area (Å²) in [6.07, 6.45) is 5.89. The fourth-order valence-electron chi connectivity index (χ4n) is 3.45. The van der Waals surface area contributed by atoms with E-state index in [9.17, 15) is 14.7 Å². The molecule has 0 fully saturated rings. The zero-order valence-corrected chi connectivity index (χ0v) is 18.3. The molecule has 2 N–H and O–H groups in total. The molecule has 1 amide bonds. The summed E-state index contributed by atoms with van der Waals surface area (Å²) < 4.78 is 0. The van der Waals surface area contributed by atoms with E-state index in [2.05, 4.69) is 15.3 Å². The van der Waals surface area contributed by atoms with Gasteiger partial charge in [-0.1, -0.05) is 74.0 Å². The molecule has 3 rings (SSSR count). The lowest BCUT2D eigenvalue weighted by atomic mass is 9.95. The quantitative estimate of drug-likeness (QED) is 0.342. The van der Waals surface area contributed by atoms with Crippen molar-refractivity contribution in [2.75, 3.05) is 5.75 Å². The summed E-state index contributed by atoms with van der Waals surface area (Å²) in [7, 11) is 0. The first-order chi connectivity index (χ1) is 15.1. The van der Waals surface area contributed by atoms with Crippen LogP contribution in [0, 0.1) is 5.92 Å². The zero-order chi connectivity index (χ0) is 22.1. The number of carbonyl (C=O) groups excluding carboxylic acids is 1. The molecular weight excluding hydrogens is 410 g/mol. The lowest BCUT2D eigenvalue weighted by Gasteiger charge is -2.21.